The van der Waals surface area contributed by atoms with Gasteiger partial charge in [-0.1, -0.05) is 48.5 Å². The van der Waals surface area contributed by atoms with Crippen molar-refractivity contribution in [2.45, 2.75) is 19.4 Å². The van der Waals surface area contributed by atoms with Crippen molar-refractivity contribution in [2.24, 2.45) is 0 Å². The molecule has 188 valence electrons. The van der Waals surface area contributed by atoms with Crippen LogP contribution in [0.4, 0.5) is 0 Å². The van der Waals surface area contributed by atoms with Crippen molar-refractivity contribution < 1.29 is 28.6 Å². The summed E-state index contributed by atoms with van der Waals surface area (Å²) in [7, 11) is 0. The Morgan fingerprint density at radius 3 is 2.06 bits per heavy atom. The first kappa shape index (κ1) is 26.3. The summed E-state index contributed by atoms with van der Waals surface area (Å²) < 4.78 is 16.1. The van der Waals surface area contributed by atoms with Crippen molar-refractivity contribution in [1.82, 2.24) is 10.6 Å². The molecular weight excluding hydrogens is 460 g/mol. The minimum absolute atomic E-state index is 0.114. The summed E-state index contributed by atoms with van der Waals surface area (Å²) in [4.78, 5) is 37.1. The zero-order chi connectivity index (χ0) is 25.6. The van der Waals surface area contributed by atoms with Gasteiger partial charge in [0.05, 0.1) is 25.6 Å². The Hall–Kier alpha value is -4.33. The second-order valence-electron chi connectivity index (χ2n) is 7.77. The van der Waals surface area contributed by atoms with E-state index in [1.54, 1.807) is 36.4 Å². The van der Waals surface area contributed by atoms with Crippen LogP contribution < -0.4 is 20.1 Å². The highest BCUT2D eigenvalue weighted by atomic mass is 16.5. The lowest BCUT2D eigenvalue weighted by Gasteiger charge is -2.19. The molecule has 1 atom stereocenters. The maximum Gasteiger partial charge on any atom is 0.308 e. The minimum Gasteiger partial charge on any atom is -0.494 e. The third kappa shape index (κ3) is 8.79. The Bertz CT molecular complexity index is 1100. The van der Waals surface area contributed by atoms with Gasteiger partial charge in [-0.3, -0.25) is 14.4 Å². The van der Waals surface area contributed by atoms with Crippen LogP contribution in [0.5, 0.6) is 11.5 Å². The van der Waals surface area contributed by atoms with Gasteiger partial charge in [-0.05, 0) is 48.9 Å². The molecule has 2 N–H and O–H groups in total. The Labute approximate surface area is 210 Å². The van der Waals surface area contributed by atoms with Crippen molar-refractivity contribution in [3.05, 3.63) is 96.1 Å². The average molecular weight is 491 g/mol. The lowest BCUT2D eigenvalue weighted by molar-refractivity contribution is -0.149. The van der Waals surface area contributed by atoms with Gasteiger partial charge in [-0.2, -0.15) is 0 Å². The summed E-state index contributed by atoms with van der Waals surface area (Å²) in [5.41, 5.74) is 1.24. The molecule has 0 radical (unpaired) electrons. The summed E-state index contributed by atoms with van der Waals surface area (Å²) >= 11 is 0. The quantitative estimate of drug-likeness (QED) is 0.280. The zero-order valence-corrected chi connectivity index (χ0v) is 20.1. The first-order valence-electron chi connectivity index (χ1n) is 11.7. The van der Waals surface area contributed by atoms with Crippen LogP contribution in [0.2, 0.25) is 0 Å². The van der Waals surface area contributed by atoms with Crippen LogP contribution in [-0.4, -0.2) is 44.1 Å². The fraction of sp³-hybridized carbons (Fsp3) is 0.250. The number of benzene rings is 3. The molecule has 36 heavy (non-hydrogen) atoms. The molecule has 0 heterocycles. The van der Waals surface area contributed by atoms with Crippen molar-refractivity contribution in [3.63, 3.8) is 0 Å². The van der Waals surface area contributed by atoms with E-state index in [4.69, 9.17) is 14.2 Å². The summed E-state index contributed by atoms with van der Waals surface area (Å²) in [6, 6.07) is 24.5. The van der Waals surface area contributed by atoms with E-state index in [1.807, 2.05) is 55.5 Å². The Morgan fingerprint density at radius 1 is 0.806 bits per heavy atom. The standard InChI is InChI=1S/C28H30N2O6/c1-2-34-23-13-15-24(16-14-23)35-18-17-29-26(31)20-36-27(32)19-25(21-9-5-3-6-10-21)30-28(33)22-11-7-4-8-12-22/h3-16,25H,2,17-20H2,1H3,(H,29,31)(H,30,33). The third-order valence-electron chi connectivity index (χ3n) is 5.11. The number of ether oxygens (including phenoxy) is 3. The van der Waals surface area contributed by atoms with Crippen molar-refractivity contribution in [3.8, 4) is 11.5 Å². The fourth-order valence-corrected chi connectivity index (χ4v) is 3.35. The molecule has 0 fully saturated rings. The van der Waals surface area contributed by atoms with Crippen LogP contribution in [0, 0.1) is 0 Å². The Balaban J connectivity index is 1.42. The molecule has 0 saturated carbocycles. The van der Waals surface area contributed by atoms with E-state index >= 15 is 0 Å². The molecule has 8 heteroatoms. The SMILES string of the molecule is CCOc1ccc(OCCNC(=O)COC(=O)CC(NC(=O)c2ccccc2)c2ccccc2)cc1. The first-order chi connectivity index (χ1) is 17.5. The monoisotopic (exact) mass is 490 g/mol. The van der Waals surface area contributed by atoms with E-state index in [-0.39, 0.29) is 25.5 Å². The molecule has 0 aliphatic carbocycles. The second-order valence-corrected chi connectivity index (χ2v) is 7.77. The van der Waals surface area contributed by atoms with Gasteiger partial charge in [0.15, 0.2) is 6.61 Å². The molecule has 0 spiro atoms. The van der Waals surface area contributed by atoms with Gasteiger partial charge in [-0.25, -0.2) is 0 Å². The molecule has 8 nitrogen and oxygen atoms in total. The molecular formula is C28H30N2O6. The Morgan fingerprint density at radius 2 is 1.42 bits per heavy atom. The second kappa shape index (κ2) is 14.2. The number of amides is 2. The molecule has 2 amide bonds. The molecule has 0 bridgehead atoms. The zero-order valence-electron chi connectivity index (χ0n) is 20.1. The number of carbonyl (C=O) groups is 3. The summed E-state index contributed by atoms with van der Waals surface area (Å²) in [5, 5.41) is 5.51. The van der Waals surface area contributed by atoms with E-state index in [1.165, 1.54) is 0 Å². The maximum atomic E-state index is 12.6. The summed E-state index contributed by atoms with van der Waals surface area (Å²) in [6.07, 6.45) is -0.114. The van der Waals surface area contributed by atoms with E-state index < -0.39 is 24.5 Å². The van der Waals surface area contributed by atoms with Crippen molar-refractivity contribution in [1.29, 1.82) is 0 Å². The fourth-order valence-electron chi connectivity index (χ4n) is 3.35. The number of esters is 1. The molecule has 1 unspecified atom stereocenters. The third-order valence-corrected chi connectivity index (χ3v) is 5.11. The molecule has 0 aliphatic rings. The number of hydrogen-bond acceptors (Lipinski definition) is 6. The highest BCUT2D eigenvalue weighted by Gasteiger charge is 2.20. The number of hydrogen-bond donors (Lipinski definition) is 2. The van der Waals surface area contributed by atoms with Crippen molar-refractivity contribution >= 4 is 17.8 Å². The largest absolute Gasteiger partial charge is 0.494 e. The predicted octanol–water partition coefficient (Wildman–Crippen LogP) is 3.68. The topological polar surface area (TPSA) is 103 Å². The van der Waals surface area contributed by atoms with Gasteiger partial charge < -0.3 is 24.8 Å². The molecule has 3 rings (SSSR count). The number of rotatable bonds is 13. The smallest absolute Gasteiger partial charge is 0.308 e. The van der Waals surface area contributed by atoms with Crippen LogP contribution in [0.15, 0.2) is 84.9 Å². The summed E-state index contributed by atoms with van der Waals surface area (Å²) in [6.45, 7) is 2.59. The number of nitrogens with one attached hydrogen (secondary N) is 2. The summed E-state index contributed by atoms with van der Waals surface area (Å²) in [5.74, 6) is 0.0708. The van der Waals surface area contributed by atoms with E-state index in [9.17, 15) is 14.4 Å². The van der Waals surface area contributed by atoms with Crippen LogP contribution in [0.3, 0.4) is 0 Å². The highest BCUT2D eigenvalue weighted by molar-refractivity contribution is 5.94. The van der Waals surface area contributed by atoms with Gasteiger partial charge in [0, 0.05) is 5.56 Å². The van der Waals surface area contributed by atoms with Crippen molar-refractivity contribution in [2.75, 3.05) is 26.4 Å². The highest BCUT2D eigenvalue weighted by Crippen LogP contribution is 2.19. The predicted molar refractivity (Wildman–Crippen MR) is 135 cm³/mol. The van der Waals surface area contributed by atoms with Crippen LogP contribution in [0.25, 0.3) is 0 Å². The average Bonchev–Trinajstić information content (AvgIpc) is 2.91. The van der Waals surface area contributed by atoms with Crippen LogP contribution in [0.1, 0.15) is 35.3 Å². The first-order valence-corrected chi connectivity index (χ1v) is 11.7. The molecule has 3 aromatic rings. The van der Waals surface area contributed by atoms with Gasteiger partial charge in [0.25, 0.3) is 11.8 Å². The number of carbonyl (C=O) groups excluding carboxylic acids is 3. The Kier molecular flexibility index (Phi) is 10.3. The van der Waals surface area contributed by atoms with E-state index in [0.29, 0.717) is 17.9 Å². The molecule has 0 aromatic heterocycles. The van der Waals surface area contributed by atoms with Gasteiger partial charge in [0.2, 0.25) is 0 Å². The van der Waals surface area contributed by atoms with Gasteiger partial charge in [0.1, 0.15) is 18.1 Å². The normalized spacial score (nSPS) is 11.1. The van der Waals surface area contributed by atoms with Crippen LogP contribution >= 0.6 is 0 Å². The molecule has 3 aromatic carbocycles. The molecule has 0 saturated heterocycles. The van der Waals surface area contributed by atoms with E-state index in [0.717, 1.165) is 11.3 Å². The lowest BCUT2D eigenvalue weighted by atomic mass is 10.0. The minimum atomic E-state index is -0.600. The van der Waals surface area contributed by atoms with Crippen LogP contribution in [-0.2, 0) is 14.3 Å². The molecule has 0 aliphatic heterocycles. The lowest BCUT2D eigenvalue weighted by Crippen LogP contribution is -2.33. The van der Waals surface area contributed by atoms with Gasteiger partial charge >= 0.3 is 5.97 Å². The maximum absolute atomic E-state index is 12.6. The van der Waals surface area contributed by atoms with E-state index in [2.05, 4.69) is 10.6 Å². The van der Waals surface area contributed by atoms with Gasteiger partial charge in [-0.15, -0.1) is 0 Å².